The van der Waals surface area contributed by atoms with Crippen molar-refractivity contribution in [1.29, 1.82) is 0 Å². The summed E-state index contributed by atoms with van der Waals surface area (Å²) in [5.74, 6) is 2.09. The van der Waals surface area contributed by atoms with Crippen molar-refractivity contribution in [1.82, 2.24) is 9.78 Å². The molecule has 0 unspecified atom stereocenters. The highest BCUT2D eigenvalue weighted by molar-refractivity contribution is 8.00. The number of anilines is 1. The van der Waals surface area contributed by atoms with E-state index in [9.17, 15) is 4.79 Å². The van der Waals surface area contributed by atoms with E-state index in [0.29, 0.717) is 19.0 Å². The van der Waals surface area contributed by atoms with Gasteiger partial charge in [0, 0.05) is 12.2 Å². The molecule has 2 aliphatic heterocycles. The molecule has 0 radical (unpaired) electrons. The second kappa shape index (κ2) is 9.47. The van der Waals surface area contributed by atoms with Gasteiger partial charge in [0.05, 0.1) is 28.3 Å². The lowest BCUT2D eigenvalue weighted by Gasteiger charge is -2.36. The molecule has 3 heterocycles. The van der Waals surface area contributed by atoms with Crippen LogP contribution in [0.2, 0.25) is 0 Å². The molecule has 1 N–H and O–H groups in total. The van der Waals surface area contributed by atoms with Gasteiger partial charge in [-0.15, -0.1) is 11.8 Å². The first-order chi connectivity index (χ1) is 16.4. The number of ether oxygens (including phenoxy) is 2. The van der Waals surface area contributed by atoms with Crippen LogP contribution in [-0.4, -0.2) is 33.6 Å². The van der Waals surface area contributed by atoms with Crippen LogP contribution in [0, 0.1) is 6.92 Å². The molecule has 5 rings (SSSR count). The summed E-state index contributed by atoms with van der Waals surface area (Å²) in [6, 6.07) is 18.6. The van der Waals surface area contributed by atoms with Gasteiger partial charge in [-0.05, 0) is 56.9 Å². The average molecular weight is 478 g/mol. The van der Waals surface area contributed by atoms with Crippen molar-refractivity contribution in [2.24, 2.45) is 0 Å². The molecule has 0 bridgehead atoms. The molecule has 34 heavy (non-hydrogen) atoms. The van der Waals surface area contributed by atoms with Crippen LogP contribution in [0.1, 0.15) is 60.4 Å². The molecule has 0 aliphatic carbocycles. The Kier molecular flexibility index (Phi) is 6.40. The number of carbonyl (C=O) groups excluding carboxylic acids is 1. The standard InChI is InChI=1S/C27H31N3O3S/c1-18-24-25(20-9-11-22(12-10-20)32-16-19-7-5-4-6-8-19)34-17-23(31)28-26(24)30(29-18)21-13-14-33-27(2,3)15-21/h4-12,21,25H,13-17H2,1-3H3,(H,28,31)/t21-,25-/m0/s1. The lowest BCUT2D eigenvalue weighted by molar-refractivity contribution is -0.113. The first kappa shape index (κ1) is 23.0. The highest BCUT2D eigenvalue weighted by atomic mass is 32.2. The molecule has 6 nitrogen and oxygen atoms in total. The van der Waals surface area contributed by atoms with E-state index < -0.39 is 0 Å². The Morgan fingerprint density at radius 3 is 2.68 bits per heavy atom. The maximum Gasteiger partial charge on any atom is 0.235 e. The van der Waals surface area contributed by atoms with E-state index in [2.05, 4.69) is 43.4 Å². The average Bonchev–Trinajstić information content (AvgIpc) is 3.03. The van der Waals surface area contributed by atoms with Gasteiger partial charge in [0.25, 0.3) is 0 Å². The van der Waals surface area contributed by atoms with Crippen LogP contribution in [-0.2, 0) is 16.1 Å². The van der Waals surface area contributed by atoms with Gasteiger partial charge >= 0.3 is 0 Å². The number of carbonyl (C=O) groups is 1. The summed E-state index contributed by atoms with van der Waals surface area (Å²) in [6.07, 6.45) is 1.75. The van der Waals surface area contributed by atoms with Crippen LogP contribution < -0.4 is 10.1 Å². The Balaban J connectivity index is 1.41. The Bertz CT molecular complexity index is 1160. The van der Waals surface area contributed by atoms with E-state index >= 15 is 0 Å². The number of hydrogen-bond donors (Lipinski definition) is 1. The first-order valence-corrected chi connectivity index (χ1v) is 12.9. The zero-order valence-electron chi connectivity index (χ0n) is 19.9. The molecule has 2 aliphatic rings. The minimum Gasteiger partial charge on any atom is -0.489 e. The van der Waals surface area contributed by atoms with Crippen molar-refractivity contribution < 1.29 is 14.3 Å². The van der Waals surface area contributed by atoms with Gasteiger partial charge in [-0.3, -0.25) is 4.79 Å². The molecule has 2 atom stereocenters. The van der Waals surface area contributed by atoms with Crippen molar-refractivity contribution in [2.75, 3.05) is 17.7 Å². The predicted molar refractivity (Wildman–Crippen MR) is 135 cm³/mol. The highest BCUT2D eigenvalue weighted by Crippen LogP contribution is 2.45. The zero-order chi connectivity index (χ0) is 23.7. The molecule has 0 spiro atoms. The van der Waals surface area contributed by atoms with Gasteiger partial charge in [-0.1, -0.05) is 42.5 Å². The summed E-state index contributed by atoms with van der Waals surface area (Å²) in [5.41, 5.74) is 4.14. The quantitative estimate of drug-likeness (QED) is 0.513. The maximum atomic E-state index is 12.7. The fraction of sp³-hybridized carbons (Fsp3) is 0.407. The van der Waals surface area contributed by atoms with Crippen LogP contribution >= 0.6 is 11.8 Å². The van der Waals surface area contributed by atoms with Crippen LogP contribution in [0.25, 0.3) is 0 Å². The van der Waals surface area contributed by atoms with Gasteiger partial charge < -0.3 is 14.8 Å². The Morgan fingerprint density at radius 1 is 1.18 bits per heavy atom. The topological polar surface area (TPSA) is 65.4 Å². The van der Waals surface area contributed by atoms with E-state index in [1.54, 1.807) is 11.8 Å². The molecular formula is C27H31N3O3S. The summed E-state index contributed by atoms with van der Waals surface area (Å²) in [4.78, 5) is 12.7. The Labute approximate surface area is 205 Å². The Hall–Kier alpha value is -2.77. The summed E-state index contributed by atoms with van der Waals surface area (Å²) >= 11 is 1.65. The summed E-state index contributed by atoms with van der Waals surface area (Å²) in [6.45, 7) is 7.51. The number of aryl methyl sites for hydroxylation is 1. The molecule has 1 saturated heterocycles. The minimum absolute atomic E-state index is 0.0176. The minimum atomic E-state index is -0.200. The number of thioether (sulfide) groups is 1. The Morgan fingerprint density at radius 2 is 1.94 bits per heavy atom. The largest absolute Gasteiger partial charge is 0.489 e. The van der Waals surface area contributed by atoms with E-state index in [-0.39, 0.29) is 22.8 Å². The summed E-state index contributed by atoms with van der Waals surface area (Å²) < 4.78 is 13.9. The number of benzene rings is 2. The number of nitrogens with zero attached hydrogens (tertiary/aromatic N) is 2. The second-order valence-electron chi connectivity index (χ2n) is 9.63. The summed E-state index contributed by atoms with van der Waals surface area (Å²) in [7, 11) is 0. The van der Waals surface area contributed by atoms with Crippen LogP contribution in [0.15, 0.2) is 54.6 Å². The van der Waals surface area contributed by atoms with Crippen molar-refractivity contribution in [3.63, 3.8) is 0 Å². The molecule has 1 fully saturated rings. The molecule has 0 saturated carbocycles. The van der Waals surface area contributed by atoms with Crippen LogP contribution in [0.5, 0.6) is 5.75 Å². The number of rotatable bonds is 5. The fourth-order valence-electron chi connectivity index (χ4n) is 4.82. The highest BCUT2D eigenvalue weighted by Gasteiger charge is 2.36. The molecule has 178 valence electrons. The van der Waals surface area contributed by atoms with Gasteiger partial charge in [0.15, 0.2) is 0 Å². The normalized spacial score (nSPS) is 21.9. The third-order valence-corrected chi connectivity index (χ3v) is 7.75. The molecular weight excluding hydrogens is 446 g/mol. The molecule has 7 heteroatoms. The van der Waals surface area contributed by atoms with E-state index in [1.165, 1.54) is 0 Å². The number of aromatic nitrogens is 2. The molecule has 1 amide bonds. The summed E-state index contributed by atoms with van der Waals surface area (Å²) in [5, 5.41) is 8.11. The SMILES string of the molecule is Cc1nn([C@H]2CCOC(C)(C)C2)c2c1[C@H](c1ccc(OCc3ccccc3)cc1)SCC(=O)N2. The van der Waals surface area contributed by atoms with E-state index in [1.807, 2.05) is 41.9 Å². The van der Waals surface area contributed by atoms with Gasteiger partial charge in [0.2, 0.25) is 5.91 Å². The number of hydrogen-bond acceptors (Lipinski definition) is 5. The first-order valence-electron chi connectivity index (χ1n) is 11.8. The lowest BCUT2D eigenvalue weighted by atomic mass is 9.94. The second-order valence-corrected chi connectivity index (χ2v) is 10.7. The monoisotopic (exact) mass is 477 g/mol. The third-order valence-electron chi connectivity index (χ3n) is 6.48. The molecule has 1 aromatic heterocycles. The number of nitrogens with one attached hydrogen (secondary N) is 1. The van der Waals surface area contributed by atoms with E-state index in [0.717, 1.165) is 46.8 Å². The van der Waals surface area contributed by atoms with Crippen molar-refractivity contribution >= 4 is 23.5 Å². The molecule has 3 aromatic rings. The van der Waals surface area contributed by atoms with Crippen LogP contribution in [0.3, 0.4) is 0 Å². The fourth-order valence-corrected chi connectivity index (χ4v) is 6.01. The molecule has 2 aromatic carbocycles. The van der Waals surface area contributed by atoms with Crippen molar-refractivity contribution in [3.8, 4) is 5.75 Å². The zero-order valence-corrected chi connectivity index (χ0v) is 20.7. The predicted octanol–water partition coefficient (Wildman–Crippen LogP) is 5.68. The van der Waals surface area contributed by atoms with Gasteiger partial charge in [-0.25, -0.2) is 4.68 Å². The van der Waals surface area contributed by atoms with Gasteiger partial charge in [-0.2, -0.15) is 5.10 Å². The number of amides is 1. The number of fused-ring (bicyclic) bond motifs is 1. The smallest absolute Gasteiger partial charge is 0.235 e. The maximum absolute atomic E-state index is 12.7. The van der Waals surface area contributed by atoms with Crippen molar-refractivity contribution in [2.45, 2.75) is 57.1 Å². The lowest BCUT2D eigenvalue weighted by Crippen LogP contribution is -2.36. The third kappa shape index (κ3) is 4.86. The van der Waals surface area contributed by atoms with Gasteiger partial charge in [0.1, 0.15) is 18.2 Å². The van der Waals surface area contributed by atoms with E-state index in [4.69, 9.17) is 14.6 Å². The van der Waals surface area contributed by atoms with Crippen molar-refractivity contribution in [3.05, 3.63) is 77.0 Å². The van der Waals surface area contributed by atoms with Crippen LogP contribution in [0.4, 0.5) is 5.82 Å².